The van der Waals surface area contributed by atoms with Gasteiger partial charge in [0.1, 0.15) is 18.0 Å². The third kappa shape index (κ3) is 1.98. The highest BCUT2D eigenvalue weighted by Crippen LogP contribution is 2.42. The summed E-state index contributed by atoms with van der Waals surface area (Å²) in [7, 11) is 1.71. The second-order valence-electron chi connectivity index (χ2n) is 5.58. The van der Waals surface area contributed by atoms with Gasteiger partial charge in [-0.3, -0.25) is 9.79 Å². The van der Waals surface area contributed by atoms with Crippen molar-refractivity contribution in [1.29, 1.82) is 0 Å². The molecule has 0 aromatic heterocycles. The van der Waals surface area contributed by atoms with E-state index in [4.69, 9.17) is 4.74 Å². The highest BCUT2D eigenvalue weighted by Gasteiger charge is 2.44. The molecular weight excluding hydrogens is 204 g/mol. The average Bonchev–Trinajstić information content (AvgIpc) is 2.66. The molecule has 0 aromatic rings. The maximum Gasteiger partial charge on any atom is 0.247 e. The minimum absolute atomic E-state index is 0.0174. The van der Waals surface area contributed by atoms with E-state index in [9.17, 15) is 4.79 Å². The van der Waals surface area contributed by atoms with Gasteiger partial charge in [-0.2, -0.15) is 0 Å². The summed E-state index contributed by atoms with van der Waals surface area (Å²) in [4.78, 5) is 15.5. The van der Waals surface area contributed by atoms with Crippen molar-refractivity contribution >= 4 is 11.7 Å². The molecule has 2 rings (SSSR count). The van der Waals surface area contributed by atoms with E-state index < -0.39 is 0 Å². The molecule has 1 saturated carbocycles. The predicted octanol–water partition coefficient (Wildman–Crippen LogP) is 1.50. The number of methoxy groups -OCH3 is 1. The van der Waals surface area contributed by atoms with E-state index in [1.807, 2.05) is 0 Å². The molecule has 4 nitrogen and oxygen atoms in total. The monoisotopic (exact) mass is 224 g/mol. The molecule has 0 spiro atoms. The number of nitrogens with one attached hydrogen (secondary N) is 1. The molecule has 1 heterocycles. The van der Waals surface area contributed by atoms with Gasteiger partial charge in [-0.25, -0.2) is 0 Å². The molecule has 90 valence electrons. The molecule has 0 aromatic carbocycles. The predicted molar refractivity (Wildman–Crippen MR) is 62.4 cm³/mol. The van der Waals surface area contributed by atoms with Crippen molar-refractivity contribution in [3.63, 3.8) is 0 Å². The number of carbonyl (C=O) groups is 1. The maximum atomic E-state index is 11.2. The first-order valence-electron chi connectivity index (χ1n) is 5.87. The Labute approximate surface area is 96.5 Å². The molecule has 4 heteroatoms. The fraction of sp³-hybridized carbons (Fsp3) is 0.833. The van der Waals surface area contributed by atoms with Crippen LogP contribution in [0.15, 0.2) is 4.99 Å². The fourth-order valence-corrected chi connectivity index (χ4v) is 2.49. The van der Waals surface area contributed by atoms with Crippen molar-refractivity contribution < 1.29 is 9.53 Å². The van der Waals surface area contributed by atoms with Crippen LogP contribution in [0.25, 0.3) is 0 Å². The van der Waals surface area contributed by atoms with Gasteiger partial charge in [0, 0.05) is 7.11 Å². The van der Waals surface area contributed by atoms with Crippen LogP contribution in [0.1, 0.15) is 39.5 Å². The number of ether oxygens (including phenoxy) is 1. The molecule has 0 atom stereocenters. The Bertz CT molecular complexity index is 324. The second-order valence-corrected chi connectivity index (χ2v) is 5.58. The summed E-state index contributed by atoms with van der Waals surface area (Å²) in [5.41, 5.74) is 0.0346. The van der Waals surface area contributed by atoms with Crippen molar-refractivity contribution in [2.75, 3.05) is 13.7 Å². The smallest absolute Gasteiger partial charge is 0.247 e. The summed E-state index contributed by atoms with van der Waals surface area (Å²) in [5.74, 6) is 0.728. The zero-order valence-electron chi connectivity index (χ0n) is 10.3. The van der Waals surface area contributed by atoms with Crippen LogP contribution in [-0.2, 0) is 9.53 Å². The lowest BCUT2D eigenvalue weighted by atomic mass is 9.70. The van der Waals surface area contributed by atoms with E-state index in [2.05, 4.69) is 24.2 Å². The van der Waals surface area contributed by atoms with Gasteiger partial charge in [-0.1, -0.05) is 13.8 Å². The summed E-state index contributed by atoms with van der Waals surface area (Å²) in [6.07, 6.45) is 4.09. The van der Waals surface area contributed by atoms with E-state index in [0.29, 0.717) is 5.41 Å². The standard InChI is InChI=1S/C12H20N2O2/c1-11(2)4-6-12(16-3,7-5-11)10-13-8-9(15)14-10/h4-8H2,1-3H3,(H,13,14,15). The first-order valence-corrected chi connectivity index (χ1v) is 5.87. The van der Waals surface area contributed by atoms with E-state index in [-0.39, 0.29) is 18.1 Å². The van der Waals surface area contributed by atoms with Crippen molar-refractivity contribution in [2.24, 2.45) is 10.4 Å². The number of nitrogens with zero attached hydrogens (tertiary/aromatic N) is 1. The summed E-state index contributed by atoms with van der Waals surface area (Å²) in [5, 5.41) is 2.83. The molecule has 1 aliphatic carbocycles. The van der Waals surface area contributed by atoms with Gasteiger partial charge in [0.05, 0.1) is 0 Å². The van der Waals surface area contributed by atoms with Gasteiger partial charge in [-0.15, -0.1) is 0 Å². The molecular formula is C12H20N2O2. The van der Waals surface area contributed by atoms with Gasteiger partial charge < -0.3 is 10.1 Å². The molecule has 0 radical (unpaired) electrons. The van der Waals surface area contributed by atoms with Crippen molar-refractivity contribution in [3.05, 3.63) is 0 Å². The fourth-order valence-electron chi connectivity index (χ4n) is 2.49. The van der Waals surface area contributed by atoms with E-state index >= 15 is 0 Å². The summed E-state index contributed by atoms with van der Waals surface area (Å²) in [6.45, 7) is 4.81. The highest BCUT2D eigenvalue weighted by atomic mass is 16.5. The molecule has 1 fully saturated rings. The molecule has 0 bridgehead atoms. The number of hydrogen-bond acceptors (Lipinski definition) is 3. The minimum Gasteiger partial charge on any atom is -0.370 e. The average molecular weight is 224 g/mol. The van der Waals surface area contributed by atoms with Crippen LogP contribution in [0.2, 0.25) is 0 Å². The van der Waals surface area contributed by atoms with Crippen LogP contribution in [0.4, 0.5) is 0 Å². The van der Waals surface area contributed by atoms with Gasteiger partial charge >= 0.3 is 0 Å². The van der Waals surface area contributed by atoms with Crippen LogP contribution >= 0.6 is 0 Å². The second kappa shape index (κ2) is 3.84. The summed E-state index contributed by atoms with van der Waals surface area (Å²) in [6, 6.07) is 0. The lowest BCUT2D eigenvalue weighted by molar-refractivity contribution is -0.117. The Hall–Kier alpha value is -0.900. The van der Waals surface area contributed by atoms with Gasteiger partial charge in [0.25, 0.3) is 0 Å². The Morgan fingerprint density at radius 1 is 1.25 bits per heavy atom. The van der Waals surface area contributed by atoms with E-state index in [1.54, 1.807) is 7.11 Å². The number of amidine groups is 1. The van der Waals surface area contributed by atoms with Crippen LogP contribution < -0.4 is 5.32 Å². The molecule has 2 aliphatic rings. The largest absolute Gasteiger partial charge is 0.370 e. The number of amides is 1. The normalized spacial score (nSPS) is 27.4. The van der Waals surface area contributed by atoms with E-state index in [1.165, 1.54) is 0 Å². The van der Waals surface area contributed by atoms with Crippen molar-refractivity contribution in [2.45, 2.75) is 45.1 Å². The molecule has 16 heavy (non-hydrogen) atoms. The van der Waals surface area contributed by atoms with Gasteiger partial charge in [-0.05, 0) is 31.1 Å². The molecule has 1 N–H and O–H groups in total. The minimum atomic E-state index is -0.346. The number of aliphatic imine (C=N–C) groups is 1. The topological polar surface area (TPSA) is 50.7 Å². The van der Waals surface area contributed by atoms with Crippen molar-refractivity contribution in [3.8, 4) is 0 Å². The summed E-state index contributed by atoms with van der Waals surface area (Å²) < 4.78 is 5.66. The molecule has 1 amide bonds. The maximum absolute atomic E-state index is 11.2. The zero-order chi connectivity index (χ0) is 11.8. The van der Waals surface area contributed by atoms with Crippen LogP contribution in [0, 0.1) is 5.41 Å². The Morgan fingerprint density at radius 2 is 1.88 bits per heavy atom. The van der Waals surface area contributed by atoms with Crippen LogP contribution in [-0.4, -0.2) is 31.0 Å². The lowest BCUT2D eigenvalue weighted by Gasteiger charge is -2.42. The molecule has 0 unspecified atom stereocenters. The van der Waals surface area contributed by atoms with Gasteiger partial charge in [0.15, 0.2) is 0 Å². The lowest BCUT2D eigenvalue weighted by Crippen LogP contribution is -2.50. The molecule has 0 saturated heterocycles. The molecule has 1 aliphatic heterocycles. The third-order valence-electron chi connectivity index (χ3n) is 3.87. The SMILES string of the molecule is COC1(C2=NCC(=O)N2)CCC(C)(C)CC1. The third-order valence-corrected chi connectivity index (χ3v) is 3.87. The number of rotatable bonds is 2. The first-order chi connectivity index (χ1) is 7.47. The van der Waals surface area contributed by atoms with Crippen LogP contribution in [0.3, 0.4) is 0 Å². The zero-order valence-corrected chi connectivity index (χ0v) is 10.3. The van der Waals surface area contributed by atoms with Crippen LogP contribution in [0.5, 0.6) is 0 Å². The quantitative estimate of drug-likeness (QED) is 0.772. The summed E-state index contributed by atoms with van der Waals surface area (Å²) >= 11 is 0. The first kappa shape index (κ1) is 11.6. The Morgan fingerprint density at radius 3 is 2.31 bits per heavy atom. The number of carbonyl (C=O) groups excluding carboxylic acids is 1. The number of hydrogen-bond donors (Lipinski definition) is 1. The van der Waals surface area contributed by atoms with Crippen molar-refractivity contribution in [1.82, 2.24) is 5.32 Å². The highest BCUT2D eigenvalue weighted by molar-refractivity contribution is 6.07. The van der Waals surface area contributed by atoms with Gasteiger partial charge in [0.2, 0.25) is 5.91 Å². The Kier molecular flexibility index (Phi) is 2.78. The van der Waals surface area contributed by atoms with E-state index in [0.717, 1.165) is 31.5 Å². The Balaban J connectivity index is 2.13.